The molecule has 0 radical (unpaired) electrons. The molecule has 1 amide bonds. The Labute approximate surface area is 171 Å². The monoisotopic (exact) mass is 415 g/mol. The van der Waals surface area contributed by atoms with Crippen molar-refractivity contribution < 1.29 is 23.8 Å². The number of nitrogens with one attached hydrogen (secondary N) is 2. The molecule has 29 heavy (non-hydrogen) atoms. The van der Waals surface area contributed by atoms with Crippen molar-refractivity contribution in [1.82, 2.24) is 15.5 Å². The molecular formula is C20H21N3O5S. The van der Waals surface area contributed by atoms with Crippen LogP contribution in [0.3, 0.4) is 0 Å². The van der Waals surface area contributed by atoms with Crippen molar-refractivity contribution in [2.24, 2.45) is 0 Å². The minimum atomic E-state index is -0.628. The average molecular weight is 415 g/mol. The van der Waals surface area contributed by atoms with Crippen LogP contribution >= 0.6 is 11.3 Å². The van der Waals surface area contributed by atoms with Crippen molar-refractivity contribution in [1.29, 1.82) is 0 Å². The van der Waals surface area contributed by atoms with E-state index < -0.39 is 17.9 Å². The first kappa shape index (κ1) is 20.4. The van der Waals surface area contributed by atoms with E-state index in [2.05, 4.69) is 15.5 Å². The molecular weight excluding hydrogens is 394 g/mol. The van der Waals surface area contributed by atoms with Gasteiger partial charge in [-0.15, -0.1) is 11.3 Å². The fraction of sp³-hybridized carbons (Fsp3) is 0.250. The van der Waals surface area contributed by atoms with Crippen molar-refractivity contribution in [3.05, 3.63) is 53.0 Å². The van der Waals surface area contributed by atoms with Crippen LogP contribution in [-0.2, 0) is 9.53 Å². The highest BCUT2D eigenvalue weighted by molar-refractivity contribution is 7.13. The maximum Gasteiger partial charge on any atom is 0.307 e. The molecule has 3 rings (SSSR count). The zero-order valence-electron chi connectivity index (χ0n) is 16.2. The second-order valence-corrected chi connectivity index (χ2v) is 7.01. The first-order valence-corrected chi connectivity index (χ1v) is 9.62. The van der Waals surface area contributed by atoms with Crippen LogP contribution in [0.4, 0.5) is 0 Å². The number of benzene rings is 1. The number of rotatable bonds is 8. The molecule has 3 aromatic rings. The number of nitrogens with zero attached hydrogens (tertiary/aromatic N) is 1. The van der Waals surface area contributed by atoms with E-state index in [1.807, 2.05) is 17.5 Å². The lowest BCUT2D eigenvalue weighted by Gasteiger charge is -2.19. The Morgan fingerprint density at radius 1 is 1.14 bits per heavy atom. The third-order valence-electron chi connectivity index (χ3n) is 4.31. The maximum absolute atomic E-state index is 12.8. The molecule has 2 heterocycles. The predicted molar refractivity (Wildman–Crippen MR) is 108 cm³/mol. The number of esters is 1. The minimum absolute atomic E-state index is 0.0417. The van der Waals surface area contributed by atoms with Crippen LogP contribution in [0.2, 0.25) is 0 Å². The van der Waals surface area contributed by atoms with Gasteiger partial charge in [0.05, 0.1) is 44.4 Å². The van der Waals surface area contributed by atoms with Gasteiger partial charge in [0.15, 0.2) is 17.2 Å². The van der Waals surface area contributed by atoms with E-state index in [-0.39, 0.29) is 12.1 Å². The molecule has 2 N–H and O–H groups in total. The molecule has 0 spiro atoms. The van der Waals surface area contributed by atoms with E-state index in [9.17, 15) is 9.59 Å². The van der Waals surface area contributed by atoms with Crippen LogP contribution in [0.25, 0.3) is 10.6 Å². The smallest absolute Gasteiger partial charge is 0.307 e. The molecule has 0 saturated heterocycles. The first-order valence-electron chi connectivity index (χ1n) is 8.74. The van der Waals surface area contributed by atoms with Gasteiger partial charge >= 0.3 is 5.97 Å². The Bertz CT molecular complexity index is 984. The standard InChI is InChI=1S/C20H21N3O5S/c1-26-16-7-6-12(9-17(16)27-2)13(11-19(24)28-3)21-20(25)15-10-14(22-23-15)18-5-4-8-29-18/h4-10,13H,11H2,1-3H3,(H,21,25)(H,22,23). The number of methoxy groups -OCH3 is 3. The summed E-state index contributed by atoms with van der Waals surface area (Å²) in [6, 6.07) is 10.1. The highest BCUT2D eigenvalue weighted by Gasteiger charge is 2.22. The van der Waals surface area contributed by atoms with E-state index in [0.29, 0.717) is 17.1 Å². The number of hydrogen-bond acceptors (Lipinski definition) is 7. The lowest BCUT2D eigenvalue weighted by atomic mass is 10.0. The number of aromatic amines is 1. The molecule has 1 aromatic carbocycles. The molecule has 8 nitrogen and oxygen atoms in total. The fourth-order valence-electron chi connectivity index (χ4n) is 2.80. The van der Waals surface area contributed by atoms with Crippen molar-refractivity contribution in [2.75, 3.05) is 21.3 Å². The fourth-order valence-corrected chi connectivity index (χ4v) is 3.49. The summed E-state index contributed by atoms with van der Waals surface area (Å²) in [4.78, 5) is 25.6. The summed E-state index contributed by atoms with van der Waals surface area (Å²) in [5.41, 5.74) is 1.65. The van der Waals surface area contributed by atoms with Gasteiger partial charge in [0, 0.05) is 0 Å². The molecule has 0 aliphatic rings. The summed E-state index contributed by atoms with van der Waals surface area (Å²) >= 11 is 1.54. The van der Waals surface area contributed by atoms with E-state index >= 15 is 0 Å². The van der Waals surface area contributed by atoms with E-state index in [1.165, 1.54) is 21.3 Å². The molecule has 1 unspecified atom stereocenters. The van der Waals surface area contributed by atoms with Crippen LogP contribution in [0.15, 0.2) is 41.8 Å². The average Bonchev–Trinajstić information content (AvgIpc) is 3.44. The molecule has 0 aliphatic heterocycles. The van der Waals surface area contributed by atoms with Gasteiger partial charge in [0.1, 0.15) is 0 Å². The summed E-state index contributed by atoms with van der Waals surface area (Å²) < 4.78 is 15.3. The quantitative estimate of drug-likeness (QED) is 0.548. The van der Waals surface area contributed by atoms with Crippen molar-refractivity contribution >= 4 is 23.2 Å². The lowest BCUT2D eigenvalue weighted by molar-refractivity contribution is -0.141. The minimum Gasteiger partial charge on any atom is -0.493 e. The third-order valence-corrected chi connectivity index (χ3v) is 5.21. The van der Waals surface area contributed by atoms with Gasteiger partial charge < -0.3 is 19.5 Å². The highest BCUT2D eigenvalue weighted by Crippen LogP contribution is 2.31. The zero-order chi connectivity index (χ0) is 20.8. The van der Waals surface area contributed by atoms with Gasteiger partial charge in [0.25, 0.3) is 5.91 Å². The maximum atomic E-state index is 12.8. The van der Waals surface area contributed by atoms with Crippen LogP contribution in [0.1, 0.15) is 28.5 Å². The van der Waals surface area contributed by atoms with E-state index in [1.54, 1.807) is 35.6 Å². The van der Waals surface area contributed by atoms with Gasteiger partial charge in [-0.2, -0.15) is 5.10 Å². The molecule has 0 saturated carbocycles. The van der Waals surface area contributed by atoms with Crippen LogP contribution in [-0.4, -0.2) is 43.4 Å². The number of hydrogen-bond donors (Lipinski definition) is 2. The Morgan fingerprint density at radius 2 is 1.93 bits per heavy atom. The van der Waals surface area contributed by atoms with Crippen molar-refractivity contribution in [3.8, 4) is 22.1 Å². The predicted octanol–water partition coefficient (Wildman–Crippen LogP) is 3.19. The highest BCUT2D eigenvalue weighted by atomic mass is 32.1. The number of ether oxygens (including phenoxy) is 3. The van der Waals surface area contributed by atoms with Crippen LogP contribution in [0.5, 0.6) is 11.5 Å². The molecule has 152 valence electrons. The topological polar surface area (TPSA) is 103 Å². The number of amides is 1. The number of H-pyrrole nitrogens is 1. The number of thiophene rings is 1. The molecule has 1 atom stereocenters. The first-order chi connectivity index (χ1) is 14.0. The normalized spacial score (nSPS) is 11.6. The molecule has 2 aromatic heterocycles. The van der Waals surface area contributed by atoms with E-state index in [0.717, 1.165) is 10.6 Å². The molecule has 0 aliphatic carbocycles. The molecule has 0 fully saturated rings. The molecule has 9 heteroatoms. The van der Waals surface area contributed by atoms with Crippen molar-refractivity contribution in [2.45, 2.75) is 12.5 Å². The molecule has 0 bridgehead atoms. The lowest BCUT2D eigenvalue weighted by Crippen LogP contribution is -2.30. The zero-order valence-corrected chi connectivity index (χ0v) is 17.0. The second-order valence-electron chi connectivity index (χ2n) is 6.06. The Balaban J connectivity index is 1.84. The van der Waals surface area contributed by atoms with Crippen LogP contribution < -0.4 is 14.8 Å². The second kappa shape index (κ2) is 9.24. The summed E-state index contributed by atoms with van der Waals surface area (Å²) in [6.45, 7) is 0. The third kappa shape index (κ3) is 4.75. The van der Waals surface area contributed by atoms with Crippen LogP contribution in [0, 0.1) is 0 Å². The Hall–Kier alpha value is -3.33. The number of carbonyl (C=O) groups is 2. The summed E-state index contributed by atoms with van der Waals surface area (Å²) in [5, 5.41) is 11.7. The van der Waals surface area contributed by atoms with Gasteiger partial charge in [-0.05, 0) is 35.2 Å². The Morgan fingerprint density at radius 3 is 2.59 bits per heavy atom. The number of carbonyl (C=O) groups excluding carboxylic acids is 2. The number of aromatic nitrogens is 2. The summed E-state index contributed by atoms with van der Waals surface area (Å²) in [6.07, 6.45) is -0.0417. The van der Waals surface area contributed by atoms with Gasteiger partial charge in [-0.3, -0.25) is 14.7 Å². The van der Waals surface area contributed by atoms with Gasteiger partial charge in [-0.25, -0.2) is 0 Å². The van der Waals surface area contributed by atoms with E-state index in [4.69, 9.17) is 14.2 Å². The summed E-state index contributed by atoms with van der Waals surface area (Å²) in [7, 11) is 4.36. The van der Waals surface area contributed by atoms with Crippen molar-refractivity contribution in [3.63, 3.8) is 0 Å². The largest absolute Gasteiger partial charge is 0.493 e. The Kier molecular flexibility index (Phi) is 6.50. The van der Waals surface area contributed by atoms with Gasteiger partial charge in [-0.1, -0.05) is 12.1 Å². The SMILES string of the molecule is COC(=O)CC(NC(=O)c1cc(-c2cccs2)[nH]n1)c1ccc(OC)c(OC)c1. The summed E-state index contributed by atoms with van der Waals surface area (Å²) in [5.74, 6) is 0.181. The van der Waals surface area contributed by atoms with Gasteiger partial charge in [0.2, 0.25) is 0 Å².